The van der Waals surface area contributed by atoms with Crippen LogP contribution < -0.4 is 14.2 Å². The second-order valence-electron chi connectivity index (χ2n) is 5.58. The minimum absolute atomic E-state index is 0.0906. The molecule has 1 atom stereocenters. The zero-order chi connectivity index (χ0) is 17.9. The Bertz CT molecular complexity index is 826. The molecule has 7 nitrogen and oxygen atoms in total. The van der Waals surface area contributed by atoms with Crippen molar-refractivity contribution in [2.45, 2.75) is 17.4 Å². The van der Waals surface area contributed by atoms with Gasteiger partial charge >= 0.3 is 0 Å². The third kappa shape index (κ3) is 3.69. The molecule has 2 heterocycles. The fourth-order valence-corrected chi connectivity index (χ4v) is 4.38. The van der Waals surface area contributed by atoms with Crippen LogP contribution >= 0.6 is 0 Å². The molecule has 1 saturated heterocycles. The summed E-state index contributed by atoms with van der Waals surface area (Å²) in [6.45, 7) is 0.638. The first kappa shape index (κ1) is 17.5. The molecule has 3 rings (SSSR count). The molecule has 1 aromatic heterocycles. The molecule has 0 aliphatic carbocycles. The fraction of sp³-hybridized carbons (Fsp3) is 0.353. The molecule has 1 fully saturated rings. The monoisotopic (exact) mass is 364 g/mol. The summed E-state index contributed by atoms with van der Waals surface area (Å²) in [4.78, 5) is 4.20. The molecule has 1 aromatic carbocycles. The van der Waals surface area contributed by atoms with E-state index in [2.05, 4.69) is 4.98 Å². The molecule has 25 heavy (non-hydrogen) atoms. The Morgan fingerprint density at radius 3 is 2.68 bits per heavy atom. The van der Waals surface area contributed by atoms with E-state index in [1.165, 1.54) is 24.6 Å². The van der Waals surface area contributed by atoms with Crippen molar-refractivity contribution in [2.75, 3.05) is 27.3 Å². The van der Waals surface area contributed by atoms with Crippen LogP contribution in [0.1, 0.15) is 6.42 Å². The topological polar surface area (TPSA) is 78.0 Å². The van der Waals surface area contributed by atoms with Crippen molar-refractivity contribution in [2.24, 2.45) is 0 Å². The number of ether oxygens (including phenoxy) is 3. The van der Waals surface area contributed by atoms with Crippen molar-refractivity contribution in [1.82, 2.24) is 9.29 Å². The van der Waals surface area contributed by atoms with Gasteiger partial charge in [0.25, 0.3) is 0 Å². The highest BCUT2D eigenvalue weighted by Gasteiger charge is 2.35. The van der Waals surface area contributed by atoms with Gasteiger partial charge in [0.15, 0.2) is 0 Å². The highest BCUT2D eigenvalue weighted by Crippen LogP contribution is 2.32. The van der Waals surface area contributed by atoms with E-state index in [4.69, 9.17) is 14.2 Å². The molecule has 0 bridgehead atoms. The second-order valence-corrected chi connectivity index (χ2v) is 7.48. The minimum atomic E-state index is -3.71. The molecule has 0 N–H and O–H groups in total. The van der Waals surface area contributed by atoms with E-state index in [1.807, 2.05) is 6.07 Å². The van der Waals surface area contributed by atoms with Gasteiger partial charge in [-0.05, 0) is 24.6 Å². The summed E-state index contributed by atoms with van der Waals surface area (Å²) in [6, 6.07) is 10.1. The summed E-state index contributed by atoms with van der Waals surface area (Å²) >= 11 is 0. The third-order valence-electron chi connectivity index (χ3n) is 4.02. The van der Waals surface area contributed by atoms with Crippen molar-refractivity contribution >= 4 is 10.0 Å². The Labute approximate surface area is 147 Å². The lowest BCUT2D eigenvalue weighted by atomic mass is 10.3. The molecule has 134 valence electrons. The first-order valence-electron chi connectivity index (χ1n) is 7.84. The van der Waals surface area contributed by atoms with E-state index in [9.17, 15) is 8.42 Å². The maximum Gasteiger partial charge on any atom is 0.247 e. The van der Waals surface area contributed by atoms with Crippen LogP contribution in [-0.4, -0.2) is 51.1 Å². The molecule has 0 spiro atoms. The Morgan fingerprint density at radius 2 is 2.00 bits per heavy atom. The van der Waals surface area contributed by atoms with Crippen LogP contribution in [0, 0.1) is 0 Å². The normalized spacial score (nSPS) is 18.1. The lowest BCUT2D eigenvalue weighted by Gasteiger charge is -2.19. The number of benzene rings is 1. The molecule has 1 unspecified atom stereocenters. The Kier molecular flexibility index (Phi) is 5.10. The summed E-state index contributed by atoms with van der Waals surface area (Å²) in [6.07, 6.45) is 2.00. The van der Waals surface area contributed by atoms with Gasteiger partial charge in [0.05, 0.1) is 20.8 Å². The Hall–Kier alpha value is -2.32. The predicted octanol–water partition coefficient (Wildman–Crippen LogP) is 1.94. The van der Waals surface area contributed by atoms with Crippen LogP contribution in [0.4, 0.5) is 0 Å². The number of nitrogens with zero attached hydrogens (tertiary/aromatic N) is 2. The van der Waals surface area contributed by atoms with Gasteiger partial charge in [0.1, 0.15) is 22.5 Å². The van der Waals surface area contributed by atoms with E-state index in [0.717, 1.165) is 0 Å². The van der Waals surface area contributed by atoms with Crippen LogP contribution in [0.15, 0.2) is 47.5 Å². The maximum absolute atomic E-state index is 13.0. The van der Waals surface area contributed by atoms with Crippen LogP contribution in [0.5, 0.6) is 17.4 Å². The van der Waals surface area contributed by atoms with Gasteiger partial charge in [0.2, 0.25) is 15.9 Å². The van der Waals surface area contributed by atoms with Gasteiger partial charge in [-0.25, -0.2) is 13.4 Å². The van der Waals surface area contributed by atoms with Crippen molar-refractivity contribution in [3.8, 4) is 17.4 Å². The zero-order valence-corrected chi connectivity index (χ0v) is 14.9. The predicted molar refractivity (Wildman–Crippen MR) is 91.6 cm³/mol. The Balaban J connectivity index is 1.80. The number of hydrogen-bond donors (Lipinski definition) is 0. The number of aromatic nitrogens is 1. The molecule has 2 aromatic rings. The Morgan fingerprint density at radius 1 is 1.16 bits per heavy atom. The summed E-state index contributed by atoms with van der Waals surface area (Å²) in [5, 5.41) is 0. The van der Waals surface area contributed by atoms with Crippen molar-refractivity contribution in [1.29, 1.82) is 0 Å². The quantitative estimate of drug-likeness (QED) is 0.780. The molecule has 8 heteroatoms. The number of hydrogen-bond acceptors (Lipinski definition) is 6. The summed E-state index contributed by atoms with van der Waals surface area (Å²) in [5.41, 5.74) is 0. The van der Waals surface area contributed by atoms with E-state index in [1.54, 1.807) is 30.5 Å². The van der Waals surface area contributed by atoms with Gasteiger partial charge in [-0.3, -0.25) is 0 Å². The molecule has 1 aliphatic rings. The van der Waals surface area contributed by atoms with E-state index in [-0.39, 0.29) is 23.3 Å². The van der Waals surface area contributed by atoms with Crippen LogP contribution in [0.2, 0.25) is 0 Å². The smallest absolute Gasteiger partial charge is 0.247 e. The first-order chi connectivity index (χ1) is 12.0. The molecule has 0 radical (unpaired) electrons. The van der Waals surface area contributed by atoms with Crippen molar-refractivity contribution < 1.29 is 22.6 Å². The molecular formula is C17H20N2O5S. The lowest BCUT2D eigenvalue weighted by molar-refractivity contribution is 0.207. The highest BCUT2D eigenvalue weighted by atomic mass is 32.2. The number of pyridine rings is 1. The highest BCUT2D eigenvalue weighted by molar-refractivity contribution is 7.89. The average Bonchev–Trinajstić information content (AvgIpc) is 3.11. The van der Waals surface area contributed by atoms with Crippen molar-refractivity contribution in [3.63, 3.8) is 0 Å². The van der Waals surface area contributed by atoms with Crippen LogP contribution in [0.3, 0.4) is 0 Å². The number of sulfonamides is 1. The van der Waals surface area contributed by atoms with Gasteiger partial charge in [-0.2, -0.15) is 4.31 Å². The van der Waals surface area contributed by atoms with Gasteiger partial charge in [-0.15, -0.1) is 0 Å². The zero-order valence-electron chi connectivity index (χ0n) is 14.1. The van der Waals surface area contributed by atoms with Gasteiger partial charge in [0, 0.05) is 24.9 Å². The lowest BCUT2D eigenvalue weighted by Crippen LogP contribution is -2.31. The van der Waals surface area contributed by atoms with Crippen molar-refractivity contribution in [3.05, 3.63) is 42.6 Å². The molecule has 0 saturated carbocycles. The third-order valence-corrected chi connectivity index (χ3v) is 5.91. The summed E-state index contributed by atoms with van der Waals surface area (Å²) in [7, 11) is -0.778. The summed E-state index contributed by atoms with van der Waals surface area (Å²) in [5.74, 6) is 1.24. The molecule has 0 amide bonds. The molecule has 1 aliphatic heterocycles. The largest absolute Gasteiger partial charge is 0.497 e. The standard InChI is InChI=1S/C17H20N2O5S/c1-22-13-6-7-15(23-2)16(11-13)25(20,21)19-10-8-14(12-19)24-17-5-3-4-9-18-17/h3-7,9,11,14H,8,10,12H2,1-2H3. The van der Waals surface area contributed by atoms with Gasteiger partial charge < -0.3 is 14.2 Å². The van der Waals surface area contributed by atoms with Gasteiger partial charge in [-0.1, -0.05) is 6.07 Å². The fourth-order valence-electron chi connectivity index (χ4n) is 2.72. The maximum atomic E-state index is 13.0. The van der Waals surface area contributed by atoms with E-state index < -0.39 is 10.0 Å². The number of rotatable bonds is 6. The van der Waals surface area contributed by atoms with E-state index >= 15 is 0 Å². The van der Waals surface area contributed by atoms with Crippen LogP contribution in [0.25, 0.3) is 0 Å². The average molecular weight is 364 g/mol. The second kappa shape index (κ2) is 7.28. The van der Waals surface area contributed by atoms with E-state index in [0.29, 0.717) is 24.6 Å². The minimum Gasteiger partial charge on any atom is -0.497 e. The summed E-state index contributed by atoms with van der Waals surface area (Å²) < 4.78 is 43.5. The number of methoxy groups -OCH3 is 2. The van der Waals surface area contributed by atoms with Crippen LogP contribution in [-0.2, 0) is 10.0 Å². The first-order valence-corrected chi connectivity index (χ1v) is 9.28. The molecular weight excluding hydrogens is 344 g/mol. The SMILES string of the molecule is COc1ccc(OC)c(S(=O)(=O)N2CCC(Oc3ccccn3)C2)c1.